The molecule has 0 spiro atoms. The fourth-order valence-corrected chi connectivity index (χ4v) is 1.97. The maximum absolute atomic E-state index is 13.3. The van der Waals surface area contributed by atoms with Gasteiger partial charge in [-0.3, -0.25) is 0 Å². The molecule has 0 saturated carbocycles. The van der Waals surface area contributed by atoms with Gasteiger partial charge >= 0.3 is 11.8 Å². The molecule has 1 nitrogen and oxygen atoms in total. The molecule has 0 atom stereocenters. The average molecular weight is 286 g/mol. The van der Waals surface area contributed by atoms with Crippen LogP contribution in [0.2, 0.25) is 0 Å². The molecular weight excluding hydrogens is 260 g/mol. The van der Waals surface area contributed by atoms with Crippen molar-refractivity contribution < 1.29 is 22.7 Å². The quantitative estimate of drug-likeness (QED) is 0.387. The lowest BCUT2D eigenvalue weighted by Gasteiger charge is -2.26. The van der Waals surface area contributed by atoms with E-state index in [1.165, 1.54) is 0 Å². The zero-order valence-corrected chi connectivity index (χ0v) is 11.7. The third kappa shape index (κ3) is 7.75. The highest BCUT2D eigenvalue weighted by molar-refractivity contribution is 4.84. The van der Waals surface area contributed by atoms with Gasteiger partial charge in [-0.05, 0) is 12.8 Å². The highest BCUT2D eigenvalue weighted by atomic mass is 19.3. The molecule has 116 valence electrons. The zero-order chi connectivity index (χ0) is 14.8. The van der Waals surface area contributed by atoms with E-state index >= 15 is 0 Å². The lowest BCUT2D eigenvalue weighted by atomic mass is 9.99. The van der Waals surface area contributed by atoms with Crippen molar-refractivity contribution in [3.63, 3.8) is 0 Å². The van der Waals surface area contributed by atoms with Crippen LogP contribution in [0.3, 0.4) is 0 Å². The molecule has 0 aliphatic carbocycles. The van der Waals surface area contributed by atoms with Crippen LogP contribution in [0.4, 0.5) is 17.6 Å². The Hall–Kier alpha value is -0.320. The van der Waals surface area contributed by atoms with E-state index in [0.717, 1.165) is 32.1 Å². The Labute approximate surface area is 113 Å². The number of rotatable bonds is 12. The van der Waals surface area contributed by atoms with E-state index in [1.54, 1.807) is 0 Å². The predicted molar refractivity (Wildman–Crippen MR) is 68.8 cm³/mol. The molecule has 0 heterocycles. The molecule has 0 unspecified atom stereocenters. The standard InChI is InChI=1S/C14H26F4O/c1-2-3-4-5-6-7-8-10-13(15,16)14(17,18)11-9-12-19/h19H,2-12H2,1H3. The first kappa shape index (κ1) is 18.7. The minimum Gasteiger partial charge on any atom is -0.396 e. The minimum atomic E-state index is -4.00. The van der Waals surface area contributed by atoms with Crippen LogP contribution in [0.25, 0.3) is 0 Å². The van der Waals surface area contributed by atoms with E-state index in [9.17, 15) is 17.6 Å². The highest BCUT2D eigenvalue weighted by Gasteiger charge is 2.54. The van der Waals surface area contributed by atoms with Gasteiger partial charge in [0.1, 0.15) is 0 Å². The van der Waals surface area contributed by atoms with Gasteiger partial charge in [-0.1, -0.05) is 45.4 Å². The lowest BCUT2D eigenvalue weighted by Crippen LogP contribution is -2.40. The molecule has 1 N–H and O–H groups in total. The van der Waals surface area contributed by atoms with E-state index in [0.29, 0.717) is 6.42 Å². The molecule has 0 bridgehead atoms. The molecule has 19 heavy (non-hydrogen) atoms. The average Bonchev–Trinajstić information content (AvgIpc) is 2.35. The third-order valence-electron chi connectivity index (χ3n) is 3.28. The van der Waals surface area contributed by atoms with Gasteiger partial charge in [-0.2, -0.15) is 17.6 Å². The first-order chi connectivity index (χ1) is 8.87. The van der Waals surface area contributed by atoms with Crippen LogP contribution in [0.15, 0.2) is 0 Å². The van der Waals surface area contributed by atoms with Crippen molar-refractivity contribution in [1.82, 2.24) is 0 Å². The van der Waals surface area contributed by atoms with Crippen molar-refractivity contribution in [2.75, 3.05) is 6.61 Å². The summed E-state index contributed by atoms with van der Waals surface area (Å²) in [5, 5.41) is 8.43. The normalized spacial score (nSPS) is 12.9. The second-order valence-electron chi connectivity index (χ2n) is 5.11. The summed E-state index contributed by atoms with van der Waals surface area (Å²) in [7, 11) is 0. The minimum absolute atomic E-state index is 0.133. The lowest BCUT2D eigenvalue weighted by molar-refractivity contribution is -0.216. The van der Waals surface area contributed by atoms with Crippen LogP contribution in [0.5, 0.6) is 0 Å². The summed E-state index contributed by atoms with van der Waals surface area (Å²) in [4.78, 5) is 0. The van der Waals surface area contributed by atoms with Crippen LogP contribution < -0.4 is 0 Å². The molecule has 0 aromatic carbocycles. The SMILES string of the molecule is CCCCCCCCCC(F)(F)C(F)(F)CCCO. The summed E-state index contributed by atoms with van der Waals surface area (Å²) in [6.45, 7) is 1.61. The highest BCUT2D eigenvalue weighted by Crippen LogP contribution is 2.41. The molecule has 0 radical (unpaired) electrons. The van der Waals surface area contributed by atoms with Gasteiger partial charge in [0, 0.05) is 19.4 Å². The summed E-state index contributed by atoms with van der Waals surface area (Å²) in [5.41, 5.74) is 0. The molecule has 0 aromatic heterocycles. The predicted octanol–water partition coefficient (Wildman–Crippen LogP) is 5.17. The second kappa shape index (κ2) is 9.56. The molecular formula is C14H26F4O. The fourth-order valence-electron chi connectivity index (χ4n) is 1.97. The van der Waals surface area contributed by atoms with Crippen LogP contribution in [-0.2, 0) is 0 Å². The van der Waals surface area contributed by atoms with Crippen molar-refractivity contribution in [3.8, 4) is 0 Å². The second-order valence-corrected chi connectivity index (χ2v) is 5.11. The smallest absolute Gasteiger partial charge is 0.310 e. The number of hydrogen-bond donors (Lipinski definition) is 1. The van der Waals surface area contributed by atoms with Crippen molar-refractivity contribution in [2.45, 2.75) is 83.0 Å². The molecule has 0 aliphatic heterocycles. The summed E-state index contributed by atoms with van der Waals surface area (Å²) < 4.78 is 53.1. The van der Waals surface area contributed by atoms with Crippen molar-refractivity contribution in [3.05, 3.63) is 0 Å². The molecule has 5 heteroatoms. The number of hydrogen-bond acceptors (Lipinski definition) is 1. The molecule has 0 saturated heterocycles. The van der Waals surface area contributed by atoms with Crippen molar-refractivity contribution in [2.24, 2.45) is 0 Å². The molecule has 0 aliphatic rings. The number of unbranched alkanes of at least 4 members (excludes halogenated alkanes) is 6. The largest absolute Gasteiger partial charge is 0.396 e. The van der Waals surface area contributed by atoms with Gasteiger partial charge < -0.3 is 5.11 Å². The van der Waals surface area contributed by atoms with E-state index in [2.05, 4.69) is 6.92 Å². The van der Waals surface area contributed by atoms with E-state index in [1.807, 2.05) is 0 Å². The van der Waals surface area contributed by atoms with Gasteiger partial charge in [0.25, 0.3) is 0 Å². The van der Waals surface area contributed by atoms with Crippen LogP contribution >= 0.6 is 0 Å². The molecule has 0 aromatic rings. The van der Waals surface area contributed by atoms with E-state index < -0.39 is 31.3 Å². The molecule has 0 amide bonds. The fraction of sp³-hybridized carbons (Fsp3) is 1.00. The van der Waals surface area contributed by atoms with Gasteiger partial charge in [0.05, 0.1) is 0 Å². The zero-order valence-electron chi connectivity index (χ0n) is 11.7. The number of aliphatic hydroxyl groups is 1. The van der Waals surface area contributed by atoms with Crippen LogP contribution in [0.1, 0.15) is 71.1 Å². The molecule has 0 rings (SSSR count). The summed E-state index contributed by atoms with van der Waals surface area (Å²) in [5.74, 6) is -7.95. The topological polar surface area (TPSA) is 20.2 Å². The summed E-state index contributed by atoms with van der Waals surface area (Å²) in [6.07, 6.45) is 3.86. The van der Waals surface area contributed by atoms with Gasteiger partial charge in [0.15, 0.2) is 0 Å². The monoisotopic (exact) mass is 286 g/mol. The number of alkyl halides is 4. The maximum atomic E-state index is 13.3. The Morgan fingerprint density at radius 2 is 1.11 bits per heavy atom. The first-order valence-corrected chi connectivity index (χ1v) is 7.24. The Balaban J connectivity index is 3.82. The summed E-state index contributed by atoms with van der Waals surface area (Å²) >= 11 is 0. The van der Waals surface area contributed by atoms with Gasteiger partial charge in [-0.25, -0.2) is 0 Å². The first-order valence-electron chi connectivity index (χ1n) is 7.24. The van der Waals surface area contributed by atoms with Crippen LogP contribution in [0, 0.1) is 0 Å². The molecule has 0 fully saturated rings. The van der Waals surface area contributed by atoms with Crippen molar-refractivity contribution >= 4 is 0 Å². The Morgan fingerprint density at radius 1 is 0.684 bits per heavy atom. The van der Waals surface area contributed by atoms with E-state index in [-0.39, 0.29) is 12.8 Å². The number of halogens is 4. The Morgan fingerprint density at radius 3 is 1.58 bits per heavy atom. The van der Waals surface area contributed by atoms with Gasteiger partial charge in [-0.15, -0.1) is 0 Å². The number of aliphatic hydroxyl groups excluding tert-OH is 1. The Bertz CT molecular complexity index is 219. The van der Waals surface area contributed by atoms with Crippen LogP contribution in [-0.4, -0.2) is 23.6 Å². The Kier molecular flexibility index (Phi) is 9.40. The van der Waals surface area contributed by atoms with Crippen molar-refractivity contribution in [1.29, 1.82) is 0 Å². The van der Waals surface area contributed by atoms with E-state index in [4.69, 9.17) is 5.11 Å². The third-order valence-corrected chi connectivity index (χ3v) is 3.28. The summed E-state index contributed by atoms with van der Waals surface area (Å²) in [6, 6.07) is 0. The maximum Gasteiger partial charge on any atom is 0.310 e. The van der Waals surface area contributed by atoms with Gasteiger partial charge in [0.2, 0.25) is 0 Å².